The Morgan fingerprint density at radius 2 is 1.62 bits per heavy atom. The number of carbonyl (C=O) groups is 1. The fourth-order valence-corrected chi connectivity index (χ4v) is 2.71. The van der Waals surface area contributed by atoms with Crippen molar-refractivity contribution in [1.82, 2.24) is 0 Å². The molecule has 0 radical (unpaired) electrons. The van der Waals surface area contributed by atoms with Gasteiger partial charge in [0.05, 0.1) is 13.2 Å². The molecule has 0 saturated carbocycles. The second kappa shape index (κ2) is 8.20. The molecule has 4 nitrogen and oxygen atoms in total. The molecule has 1 heterocycles. The Morgan fingerprint density at radius 1 is 1.00 bits per heavy atom. The molecule has 0 aliphatic carbocycles. The molecule has 24 heavy (non-hydrogen) atoms. The SMILES string of the molecule is O=C(c1ccc(CO)cc1)c1ccc(COC2CCCCO2)cc1. The van der Waals surface area contributed by atoms with E-state index >= 15 is 0 Å². The Labute approximate surface area is 142 Å². The summed E-state index contributed by atoms with van der Waals surface area (Å²) in [5.74, 6) is -0.0254. The molecule has 1 aliphatic rings. The van der Waals surface area contributed by atoms with Crippen LogP contribution in [0.5, 0.6) is 0 Å². The monoisotopic (exact) mass is 326 g/mol. The molecule has 126 valence electrons. The van der Waals surface area contributed by atoms with Crippen LogP contribution in [0.25, 0.3) is 0 Å². The van der Waals surface area contributed by atoms with Gasteiger partial charge in [0.25, 0.3) is 0 Å². The summed E-state index contributed by atoms with van der Waals surface area (Å²) in [6, 6.07) is 14.5. The van der Waals surface area contributed by atoms with Crippen LogP contribution in [0.3, 0.4) is 0 Å². The molecule has 4 heteroatoms. The first-order chi connectivity index (χ1) is 11.8. The number of aliphatic hydroxyl groups excluding tert-OH is 1. The van der Waals surface area contributed by atoms with Crippen molar-refractivity contribution in [2.45, 2.75) is 38.8 Å². The summed E-state index contributed by atoms with van der Waals surface area (Å²) in [4.78, 5) is 12.4. The van der Waals surface area contributed by atoms with Gasteiger partial charge in [0, 0.05) is 17.7 Å². The third-order valence-corrected chi connectivity index (χ3v) is 4.19. The summed E-state index contributed by atoms with van der Waals surface area (Å²) < 4.78 is 11.3. The van der Waals surface area contributed by atoms with E-state index in [2.05, 4.69) is 0 Å². The molecule has 2 aromatic rings. The van der Waals surface area contributed by atoms with Crippen molar-refractivity contribution in [2.24, 2.45) is 0 Å². The minimum Gasteiger partial charge on any atom is -0.392 e. The Morgan fingerprint density at radius 3 is 2.17 bits per heavy atom. The van der Waals surface area contributed by atoms with E-state index in [4.69, 9.17) is 14.6 Å². The van der Waals surface area contributed by atoms with Crippen molar-refractivity contribution in [3.05, 3.63) is 70.8 Å². The van der Waals surface area contributed by atoms with E-state index in [1.807, 2.05) is 24.3 Å². The first-order valence-electron chi connectivity index (χ1n) is 8.33. The van der Waals surface area contributed by atoms with E-state index in [9.17, 15) is 4.79 Å². The molecule has 1 aliphatic heterocycles. The average molecular weight is 326 g/mol. The molecule has 1 saturated heterocycles. The largest absolute Gasteiger partial charge is 0.392 e. The quantitative estimate of drug-likeness (QED) is 0.826. The zero-order chi connectivity index (χ0) is 16.8. The zero-order valence-corrected chi connectivity index (χ0v) is 13.6. The van der Waals surface area contributed by atoms with Crippen molar-refractivity contribution in [3.63, 3.8) is 0 Å². The van der Waals surface area contributed by atoms with Gasteiger partial charge in [-0.15, -0.1) is 0 Å². The Balaban J connectivity index is 1.59. The van der Waals surface area contributed by atoms with Crippen molar-refractivity contribution < 1.29 is 19.4 Å². The lowest BCUT2D eigenvalue weighted by atomic mass is 10.0. The third kappa shape index (κ3) is 4.29. The van der Waals surface area contributed by atoms with Gasteiger partial charge in [0.15, 0.2) is 12.1 Å². The summed E-state index contributed by atoms with van der Waals surface area (Å²) in [6.45, 7) is 1.24. The summed E-state index contributed by atoms with van der Waals surface area (Å²) in [7, 11) is 0. The molecule has 0 spiro atoms. The number of hydrogen-bond acceptors (Lipinski definition) is 4. The van der Waals surface area contributed by atoms with E-state index in [1.54, 1.807) is 24.3 Å². The van der Waals surface area contributed by atoms with E-state index in [-0.39, 0.29) is 18.7 Å². The number of ketones is 1. The van der Waals surface area contributed by atoms with Gasteiger partial charge in [-0.2, -0.15) is 0 Å². The highest BCUT2D eigenvalue weighted by molar-refractivity contribution is 6.08. The van der Waals surface area contributed by atoms with Gasteiger partial charge in [-0.25, -0.2) is 0 Å². The lowest BCUT2D eigenvalue weighted by molar-refractivity contribution is -0.168. The lowest BCUT2D eigenvalue weighted by Crippen LogP contribution is -2.22. The summed E-state index contributed by atoms with van der Waals surface area (Å²) >= 11 is 0. The zero-order valence-electron chi connectivity index (χ0n) is 13.6. The summed E-state index contributed by atoms with van der Waals surface area (Å²) in [5, 5.41) is 9.05. The first kappa shape index (κ1) is 16.8. The van der Waals surface area contributed by atoms with E-state index in [1.165, 1.54) is 0 Å². The first-order valence-corrected chi connectivity index (χ1v) is 8.33. The fraction of sp³-hybridized carbons (Fsp3) is 0.350. The molecule has 3 rings (SSSR count). The van der Waals surface area contributed by atoms with Crippen LogP contribution < -0.4 is 0 Å². The fourth-order valence-electron chi connectivity index (χ4n) is 2.71. The van der Waals surface area contributed by atoms with Gasteiger partial charge in [-0.05, 0) is 30.4 Å². The Hall–Kier alpha value is -2.01. The second-order valence-electron chi connectivity index (χ2n) is 5.99. The van der Waals surface area contributed by atoms with Crippen LogP contribution in [0.4, 0.5) is 0 Å². The third-order valence-electron chi connectivity index (χ3n) is 4.19. The summed E-state index contributed by atoms with van der Waals surface area (Å²) in [5.41, 5.74) is 3.08. The molecule has 1 fully saturated rings. The molecular formula is C20H22O4. The van der Waals surface area contributed by atoms with E-state index < -0.39 is 0 Å². The number of ether oxygens (including phenoxy) is 2. The predicted molar refractivity (Wildman–Crippen MR) is 90.6 cm³/mol. The highest BCUT2D eigenvalue weighted by Crippen LogP contribution is 2.17. The molecule has 0 bridgehead atoms. The van der Waals surface area contributed by atoms with Crippen LogP contribution in [0.1, 0.15) is 46.3 Å². The standard InChI is InChI=1S/C20H22O4/c21-13-15-4-8-17(9-5-15)20(22)18-10-6-16(7-11-18)14-24-19-3-1-2-12-23-19/h4-11,19,21H,1-3,12-14H2. The van der Waals surface area contributed by atoms with Crippen LogP contribution >= 0.6 is 0 Å². The maximum atomic E-state index is 12.4. The van der Waals surface area contributed by atoms with Crippen molar-refractivity contribution >= 4 is 5.78 Å². The van der Waals surface area contributed by atoms with Gasteiger partial charge in [0.1, 0.15) is 0 Å². The van der Waals surface area contributed by atoms with Crippen LogP contribution in [-0.4, -0.2) is 23.8 Å². The van der Waals surface area contributed by atoms with Crippen molar-refractivity contribution in [1.29, 1.82) is 0 Å². The predicted octanol–water partition coefficient (Wildman–Crippen LogP) is 3.45. The highest BCUT2D eigenvalue weighted by Gasteiger charge is 2.14. The van der Waals surface area contributed by atoms with Crippen LogP contribution in [0, 0.1) is 0 Å². The van der Waals surface area contributed by atoms with Crippen LogP contribution in [0.15, 0.2) is 48.5 Å². The number of rotatable bonds is 6. The van der Waals surface area contributed by atoms with Gasteiger partial charge in [0.2, 0.25) is 0 Å². The Bertz CT molecular complexity index is 655. The molecule has 1 N–H and O–H groups in total. The molecule has 1 unspecified atom stereocenters. The smallest absolute Gasteiger partial charge is 0.193 e. The topological polar surface area (TPSA) is 55.8 Å². The van der Waals surface area contributed by atoms with Gasteiger partial charge < -0.3 is 14.6 Å². The van der Waals surface area contributed by atoms with Crippen LogP contribution in [0.2, 0.25) is 0 Å². The summed E-state index contributed by atoms with van der Waals surface area (Å²) in [6.07, 6.45) is 3.09. The number of benzene rings is 2. The number of hydrogen-bond donors (Lipinski definition) is 1. The van der Waals surface area contributed by atoms with Crippen LogP contribution in [-0.2, 0) is 22.7 Å². The average Bonchev–Trinajstić information content (AvgIpc) is 2.67. The molecule has 1 atom stereocenters. The van der Waals surface area contributed by atoms with Gasteiger partial charge in [-0.3, -0.25) is 4.79 Å². The van der Waals surface area contributed by atoms with E-state index in [0.717, 1.165) is 37.0 Å². The van der Waals surface area contributed by atoms with Crippen molar-refractivity contribution in [2.75, 3.05) is 6.61 Å². The minimum absolute atomic E-state index is 0.0200. The number of aliphatic hydroxyl groups is 1. The number of carbonyl (C=O) groups excluding carboxylic acids is 1. The molecular weight excluding hydrogens is 304 g/mol. The molecule has 2 aromatic carbocycles. The van der Waals surface area contributed by atoms with E-state index in [0.29, 0.717) is 17.7 Å². The van der Waals surface area contributed by atoms with Gasteiger partial charge >= 0.3 is 0 Å². The second-order valence-corrected chi connectivity index (χ2v) is 5.99. The molecule has 0 aromatic heterocycles. The highest BCUT2D eigenvalue weighted by atomic mass is 16.7. The normalized spacial score (nSPS) is 17.6. The maximum Gasteiger partial charge on any atom is 0.193 e. The lowest BCUT2D eigenvalue weighted by Gasteiger charge is -2.22. The van der Waals surface area contributed by atoms with Gasteiger partial charge in [-0.1, -0.05) is 48.5 Å². The maximum absolute atomic E-state index is 12.4. The minimum atomic E-state index is -0.106. The molecule has 0 amide bonds. The Kier molecular flexibility index (Phi) is 5.75. The van der Waals surface area contributed by atoms with Crippen molar-refractivity contribution in [3.8, 4) is 0 Å².